The molecule has 0 bridgehead atoms. The largest absolute Gasteiger partial charge is 0.497 e. The van der Waals surface area contributed by atoms with Gasteiger partial charge in [0.2, 0.25) is 0 Å². The van der Waals surface area contributed by atoms with Crippen molar-refractivity contribution in [2.24, 2.45) is 5.73 Å². The van der Waals surface area contributed by atoms with Crippen LogP contribution in [0.2, 0.25) is 0 Å². The fourth-order valence-electron chi connectivity index (χ4n) is 2.44. The molecule has 0 aliphatic rings. The van der Waals surface area contributed by atoms with E-state index in [-0.39, 0.29) is 0 Å². The summed E-state index contributed by atoms with van der Waals surface area (Å²) in [5.74, 6) is 2.17. The van der Waals surface area contributed by atoms with Gasteiger partial charge in [-0.05, 0) is 54.3 Å². The Bertz CT molecular complexity index is 578. The molecule has 1 atom stereocenters. The average Bonchev–Trinajstić information content (AvgIpc) is 2.54. The van der Waals surface area contributed by atoms with Crippen molar-refractivity contribution in [2.45, 2.75) is 19.3 Å². The lowest BCUT2D eigenvalue weighted by molar-refractivity contribution is 0.414. The smallest absolute Gasteiger partial charge is 0.126 e. The van der Waals surface area contributed by atoms with Gasteiger partial charge in [0.1, 0.15) is 11.5 Å². The van der Waals surface area contributed by atoms with E-state index in [1.807, 2.05) is 30.3 Å². The van der Waals surface area contributed by atoms with Crippen molar-refractivity contribution in [1.82, 2.24) is 0 Å². The molecule has 0 aromatic heterocycles. The summed E-state index contributed by atoms with van der Waals surface area (Å²) in [6.07, 6.45) is 0.981. The van der Waals surface area contributed by atoms with Crippen molar-refractivity contribution in [3.63, 3.8) is 0 Å². The van der Waals surface area contributed by atoms with Crippen molar-refractivity contribution in [2.75, 3.05) is 20.8 Å². The lowest BCUT2D eigenvalue weighted by Gasteiger charge is -2.15. The van der Waals surface area contributed by atoms with Crippen LogP contribution in [0.15, 0.2) is 42.5 Å². The van der Waals surface area contributed by atoms with Crippen molar-refractivity contribution >= 4 is 0 Å². The molecule has 0 heterocycles. The van der Waals surface area contributed by atoms with E-state index in [0.29, 0.717) is 12.5 Å². The number of nitrogens with two attached hydrogens (primary N) is 1. The molecule has 3 nitrogen and oxygen atoms in total. The number of methoxy groups -OCH3 is 2. The normalized spacial score (nSPS) is 12.0. The molecule has 2 aromatic carbocycles. The fourth-order valence-corrected chi connectivity index (χ4v) is 2.44. The molecular formula is C18H23NO2. The number of benzene rings is 2. The minimum absolute atomic E-state index is 0.443. The zero-order chi connectivity index (χ0) is 15.2. The third-order valence-corrected chi connectivity index (χ3v) is 3.79. The first-order valence-electron chi connectivity index (χ1n) is 7.22. The van der Waals surface area contributed by atoms with Gasteiger partial charge in [0.15, 0.2) is 0 Å². The summed E-state index contributed by atoms with van der Waals surface area (Å²) < 4.78 is 10.7. The highest BCUT2D eigenvalue weighted by molar-refractivity contribution is 5.71. The second kappa shape index (κ2) is 7.14. The fraction of sp³-hybridized carbons (Fsp3) is 0.333. The minimum Gasteiger partial charge on any atom is -0.497 e. The van der Waals surface area contributed by atoms with Crippen LogP contribution in [0.1, 0.15) is 24.8 Å². The number of hydrogen-bond acceptors (Lipinski definition) is 3. The molecule has 2 rings (SSSR count). The number of rotatable bonds is 6. The summed E-state index contributed by atoms with van der Waals surface area (Å²) in [4.78, 5) is 0. The van der Waals surface area contributed by atoms with E-state index in [1.54, 1.807) is 14.2 Å². The molecule has 0 amide bonds. The van der Waals surface area contributed by atoms with Crippen LogP contribution in [0.25, 0.3) is 11.1 Å². The van der Waals surface area contributed by atoms with Crippen molar-refractivity contribution < 1.29 is 9.47 Å². The zero-order valence-electron chi connectivity index (χ0n) is 12.9. The topological polar surface area (TPSA) is 44.5 Å². The van der Waals surface area contributed by atoms with Gasteiger partial charge in [-0.15, -0.1) is 0 Å². The number of ether oxygens (including phenoxy) is 2. The highest BCUT2D eigenvalue weighted by Crippen LogP contribution is 2.34. The molecule has 0 aliphatic carbocycles. The van der Waals surface area contributed by atoms with Crippen LogP contribution in [-0.4, -0.2) is 20.8 Å². The van der Waals surface area contributed by atoms with Crippen LogP contribution in [0, 0.1) is 0 Å². The minimum atomic E-state index is 0.443. The predicted molar refractivity (Wildman–Crippen MR) is 87.1 cm³/mol. The Morgan fingerprint density at radius 1 is 1.00 bits per heavy atom. The zero-order valence-corrected chi connectivity index (χ0v) is 12.9. The first-order valence-corrected chi connectivity index (χ1v) is 7.22. The molecule has 0 radical (unpaired) electrons. The maximum atomic E-state index is 5.67. The van der Waals surface area contributed by atoms with Gasteiger partial charge < -0.3 is 15.2 Å². The highest BCUT2D eigenvalue weighted by Gasteiger charge is 2.11. The molecule has 1 unspecified atom stereocenters. The van der Waals surface area contributed by atoms with Crippen LogP contribution >= 0.6 is 0 Å². The second-order valence-corrected chi connectivity index (χ2v) is 5.17. The van der Waals surface area contributed by atoms with Crippen molar-refractivity contribution in [1.29, 1.82) is 0 Å². The molecular weight excluding hydrogens is 262 g/mol. The lowest BCUT2D eigenvalue weighted by atomic mass is 9.93. The Hall–Kier alpha value is -2.00. The summed E-state index contributed by atoms with van der Waals surface area (Å²) >= 11 is 0. The third kappa shape index (κ3) is 3.56. The van der Waals surface area contributed by atoms with Gasteiger partial charge in [0.25, 0.3) is 0 Å². The average molecular weight is 285 g/mol. The third-order valence-electron chi connectivity index (χ3n) is 3.79. The highest BCUT2D eigenvalue weighted by atomic mass is 16.5. The summed E-state index contributed by atoms with van der Waals surface area (Å²) in [7, 11) is 3.37. The molecule has 2 aromatic rings. The first kappa shape index (κ1) is 15.4. The Morgan fingerprint density at radius 3 is 2.29 bits per heavy atom. The molecule has 0 saturated heterocycles. The van der Waals surface area contributed by atoms with E-state index in [4.69, 9.17) is 15.2 Å². The summed E-state index contributed by atoms with van der Waals surface area (Å²) in [5, 5.41) is 0. The van der Waals surface area contributed by atoms with Crippen molar-refractivity contribution in [3.05, 3.63) is 48.0 Å². The van der Waals surface area contributed by atoms with E-state index in [2.05, 4.69) is 19.1 Å². The summed E-state index contributed by atoms with van der Waals surface area (Å²) in [5.41, 5.74) is 9.17. The molecule has 21 heavy (non-hydrogen) atoms. The maximum absolute atomic E-state index is 5.67. The molecule has 2 N–H and O–H groups in total. The molecule has 3 heteroatoms. The van der Waals surface area contributed by atoms with E-state index in [0.717, 1.165) is 29.0 Å². The molecule has 0 spiro atoms. The maximum Gasteiger partial charge on any atom is 0.126 e. The standard InChI is InChI=1S/C18H23NO2/c1-13(10-11-19)15-6-9-18(21-3)17(12-15)14-4-7-16(20-2)8-5-14/h4-9,12-13H,10-11,19H2,1-3H3. The van der Waals surface area contributed by atoms with Crippen molar-refractivity contribution in [3.8, 4) is 22.6 Å². The SMILES string of the molecule is COc1ccc(-c2cc(C(C)CCN)ccc2OC)cc1. The van der Waals surface area contributed by atoms with E-state index < -0.39 is 0 Å². The monoisotopic (exact) mass is 285 g/mol. The van der Waals surface area contributed by atoms with Crippen LogP contribution in [-0.2, 0) is 0 Å². The van der Waals surface area contributed by atoms with Crippen LogP contribution in [0.5, 0.6) is 11.5 Å². The van der Waals surface area contributed by atoms with Crippen LogP contribution < -0.4 is 15.2 Å². The van der Waals surface area contributed by atoms with Gasteiger partial charge in [-0.2, -0.15) is 0 Å². The van der Waals surface area contributed by atoms with Gasteiger partial charge in [0.05, 0.1) is 14.2 Å². The number of hydrogen-bond donors (Lipinski definition) is 1. The van der Waals surface area contributed by atoms with Gasteiger partial charge in [-0.3, -0.25) is 0 Å². The van der Waals surface area contributed by atoms with E-state index >= 15 is 0 Å². The second-order valence-electron chi connectivity index (χ2n) is 5.17. The Labute approximate surface area is 126 Å². The van der Waals surface area contributed by atoms with Crippen LogP contribution in [0.4, 0.5) is 0 Å². The van der Waals surface area contributed by atoms with E-state index in [9.17, 15) is 0 Å². The summed E-state index contributed by atoms with van der Waals surface area (Å²) in [6, 6.07) is 14.4. The Balaban J connectivity index is 2.41. The molecule has 0 fully saturated rings. The predicted octanol–water partition coefficient (Wildman–Crippen LogP) is 3.82. The van der Waals surface area contributed by atoms with E-state index in [1.165, 1.54) is 5.56 Å². The van der Waals surface area contributed by atoms with Gasteiger partial charge in [-0.1, -0.05) is 25.1 Å². The van der Waals surface area contributed by atoms with Crippen LogP contribution in [0.3, 0.4) is 0 Å². The van der Waals surface area contributed by atoms with Gasteiger partial charge >= 0.3 is 0 Å². The Kier molecular flexibility index (Phi) is 5.23. The molecule has 0 saturated carbocycles. The van der Waals surface area contributed by atoms with Gasteiger partial charge in [0, 0.05) is 5.56 Å². The van der Waals surface area contributed by atoms with Gasteiger partial charge in [-0.25, -0.2) is 0 Å². The summed E-state index contributed by atoms with van der Waals surface area (Å²) in [6.45, 7) is 2.90. The molecule has 112 valence electrons. The lowest BCUT2D eigenvalue weighted by Crippen LogP contribution is -2.04. The Morgan fingerprint density at radius 2 is 1.71 bits per heavy atom. The molecule has 0 aliphatic heterocycles. The first-order chi connectivity index (χ1) is 10.2. The quantitative estimate of drug-likeness (QED) is 0.877.